The molecule has 0 radical (unpaired) electrons. The van der Waals surface area contributed by atoms with Crippen LogP contribution in [0.5, 0.6) is 0 Å². The van der Waals surface area contributed by atoms with Gasteiger partial charge in [0.25, 0.3) is 0 Å². The molecule has 1 aromatic rings. The number of hydrogen-bond donors (Lipinski definition) is 2. The van der Waals surface area contributed by atoms with Gasteiger partial charge in [0.1, 0.15) is 11.9 Å². The van der Waals surface area contributed by atoms with Crippen molar-refractivity contribution in [3.63, 3.8) is 0 Å². The Hall–Kier alpha value is -1.13. The topological polar surface area (TPSA) is 63.3 Å². The lowest BCUT2D eigenvalue weighted by atomic mass is 10.0. The molecule has 0 fully saturated rings. The van der Waals surface area contributed by atoms with Crippen molar-refractivity contribution in [3.8, 4) is 0 Å². The summed E-state index contributed by atoms with van der Waals surface area (Å²) in [5, 5.41) is 8.55. The van der Waals surface area contributed by atoms with Gasteiger partial charge in [-0.3, -0.25) is 4.79 Å². The average molecular weight is 234 g/mol. The van der Waals surface area contributed by atoms with Gasteiger partial charge in [0.2, 0.25) is 0 Å². The molecule has 3 nitrogen and oxygen atoms in total. The van der Waals surface area contributed by atoms with Crippen LogP contribution in [-0.4, -0.2) is 17.1 Å². The molecule has 0 heterocycles. The lowest BCUT2D eigenvalue weighted by molar-refractivity contribution is -0.138. The first-order chi connectivity index (χ1) is 6.50. The monoisotopic (exact) mass is 233 g/mol. The van der Waals surface area contributed by atoms with Crippen molar-refractivity contribution < 1.29 is 14.3 Å². The Morgan fingerprint density at radius 1 is 1.60 bits per heavy atom. The van der Waals surface area contributed by atoms with Gasteiger partial charge < -0.3 is 10.8 Å². The number of nitrogens with two attached hydrogens (primary N) is 1. The normalized spacial score (nSPS) is 11.7. The van der Waals surface area contributed by atoms with Crippen LogP contribution in [0, 0.1) is 12.7 Å². The molecule has 0 aliphatic heterocycles. The molecule has 0 saturated heterocycles. The second kappa shape index (κ2) is 5.68. The third-order valence-corrected chi connectivity index (χ3v) is 2.01. The van der Waals surface area contributed by atoms with E-state index in [2.05, 4.69) is 0 Å². The Morgan fingerprint density at radius 3 is 2.67 bits per heavy atom. The molecule has 0 bridgehead atoms. The van der Waals surface area contributed by atoms with E-state index >= 15 is 0 Å². The first-order valence-corrected chi connectivity index (χ1v) is 4.24. The van der Waals surface area contributed by atoms with E-state index in [9.17, 15) is 9.18 Å². The molecule has 5 heteroatoms. The molecule has 0 spiro atoms. The van der Waals surface area contributed by atoms with E-state index in [1.165, 1.54) is 6.07 Å². The average Bonchev–Trinajstić information content (AvgIpc) is 2.11. The van der Waals surface area contributed by atoms with Crippen LogP contribution < -0.4 is 5.73 Å². The lowest BCUT2D eigenvalue weighted by Gasteiger charge is -2.06. The summed E-state index contributed by atoms with van der Waals surface area (Å²) in [6.45, 7) is 1.65. The first kappa shape index (κ1) is 13.9. The van der Waals surface area contributed by atoms with E-state index in [0.29, 0.717) is 11.1 Å². The zero-order valence-corrected chi connectivity index (χ0v) is 9.05. The summed E-state index contributed by atoms with van der Waals surface area (Å²) in [7, 11) is 0. The Bertz CT molecular complexity index is 357. The number of carboxylic acids is 1. The van der Waals surface area contributed by atoms with Gasteiger partial charge in [-0.25, -0.2) is 4.39 Å². The van der Waals surface area contributed by atoms with Crippen molar-refractivity contribution in [2.24, 2.45) is 5.73 Å². The number of aryl methyl sites for hydroxylation is 1. The highest BCUT2D eigenvalue weighted by molar-refractivity contribution is 5.85. The standard InChI is InChI=1S/C10H12FNO2.ClH/c1-6-2-3-7(4-8(6)11)5-9(12)10(13)14;/h2-4,9H,5,12H2,1H3,(H,13,14);1H. The molecule has 0 aromatic heterocycles. The molecule has 1 aromatic carbocycles. The number of benzene rings is 1. The van der Waals surface area contributed by atoms with Crippen LogP contribution in [0.3, 0.4) is 0 Å². The summed E-state index contributed by atoms with van der Waals surface area (Å²) in [5.74, 6) is -1.41. The molecule has 15 heavy (non-hydrogen) atoms. The van der Waals surface area contributed by atoms with Crippen LogP contribution in [-0.2, 0) is 11.2 Å². The van der Waals surface area contributed by atoms with E-state index in [-0.39, 0.29) is 24.6 Å². The second-order valence-electron chi connectivity index (χ2n) is 3.23. The Balaban J connectivity index is 0.00000196. The van der Waals surface area contributed by atoms with Crippen molar-refractivity contribution >= 4 is 18.4 Å². The number of hydrogen-bond acceptors (Lipinski definition) is 2. The summed E-state index contributed by atoms with van der Waals surface area (Å²) in [6.07, 6.45) is 0.145. The Labute approximate surface area is 93.5 Å². The lowest BCUT2D eigenvalue weighted by Crippen LogP contribution is -2.32. The number of aliphatic carboxylic acids is 1. The predicted molar refractivity (Wildman–Crippen MR) is 57.7 cm³/mol. The molecule has 1 unspecified atom stereocenters. The van der Waals surface area contributed by atoms with Gasteiger partial charge in [-0.15, -0.1) is 12.4 Å². The highest BCUT2D eigenvalue weighted by Crippen LogP contribution is 2.10. The van der Waals surface area contributed by atoms with Crippen molar-refractivity contribution in [1.82, 2.24) is 0 Å². The SMILES string of the molecule is Cc1ccc(CC(N)C(=O)O)cc1F.Cl. The quantitative estimate of drug-likeness (QED) is 0.832. The summed E-state index contributed by atoms with van der Waals surface area (Å²) in [6, 6.07) is 3.63. The largest absolute Gasteiger partial charge is 0.480 e. The highest BCUT2D eigenvalue weighted by atomic mass is 35.5. The van der Waals surface area contributed by atoms with Gasteiger partial charge >= 0.3 is 5.97 Å². The third kappa shape index (κ3) is 3.85. The zero-order valence-electron chi connectivity index (χ0n) is 8.24. The number of carboxylic acid groups (broad SMARTS) is 1. The van der Waals surface area contributed by atoms with E-state index in [1.807, 2.05) is 0 Å². The van der Waals surface area contributed by atoms with Crippen LogP contribution in [0.25, 0.3) is 0 Å². The van der Waals surface area contributed by atoms with Gasteiger partial charge in [0.05, 0.1) is 0 Å². The maximum Gasteiger partial charge on any atom is 0.320 e. The first-order valence-electron chi connectivity index (χ1n) is 4.24. The van der Waals surface area contributed by atoms with Crippen LogP contribution in [0.4, 0.5) is 4.39 Å². The summed E-state index contributed by atoms with van der Waals surface area (Å²) < 4.78 is 13.0. The Morgan fingerprint density at radius 2 is 2.20 bits per heavy atom. The molecule has 0 saturated carbocycles. The van der Waals surface area contributed by atoms with Crippen molar-refractivity contribution in [2.45, 2.75) is 19.4 Å². The molecule has 1 rings (SSSR count). The fourth-order valence-corrected chi connectivity index (χ4v) is 1.10. The smallest absolute Gasteiger partial charge is 0.320 e. The molecule has 0 amide bonds. The van der Waals surface area contributed by atoms with Crippen LogP contribution in [0.1, 0.15) is 11.1 Å². The summed E-state index contributed by atoms with van der Waals surface area (Å²) in [5.41, 5.74) is 6.45. The van der Waals surface area contributed by atoms with Crippen molar-refractivity contribution in [3.05, 3.63) is 35.1 Å². The molecule has 3 N–H and O–H groups in total. The van der Waals surface area contributed by atoms with Gasteiger partial charge in [0, 0.05) is 0 Å². The predicted octanol–water partition coefficient (Wildman–Crippen LogP) is 1.51. The minimum absolute atomic E-state index is 0. The molecular weight excluding hydrogens is 221 g/mol. The zero-order chi connectivity index (χ0) is 10.7. The minimum Gasteiger partial charge on any atom is -0.480 e. The molecule has 0 aliphatic rings. The third-order valence-electron chi connectivity index (χ3n) is 2.01. The second-order valence-corrected chi connectivity index (χ2v) is 3.23. The molecular formula is C10H13ClFNO2. The van der Waals surface area contributed by atoms with E-state index < -0.39 is 12.0 Å². The fourth-order valence-electron chi connectivity index (χ4n) is 1.10. The van der Waals surface area contributed by atoms with E-state index in [1.54, 1.807) is 19.1 Å². The van der Waals surface area contributed by atoms with Crippen molar-refractivity contribution in [1.29, 1.82) is 0 Å². The van der Waals surface area contributed by atoms with Gasteiger partial charge in [-0.1, -0.05) is 12.1 Å². The maximum absolute atomic E-state index is 13.0. The van der Waals surface area contributed by atoms with E-state index in [0.717, 1.165) is 0 Å². The number of carbonyl (C=O) groups is 1. The number of halogens is 2. The van der Waals surface area contributed by atoms with Crippen LogP contribution in [0.15, 0.2) is 18.2 Å². The number of rotatable bonds is 3. The van der Waals surface area contributed by atoms with Crippen molar-refractivity contribution in [2.75, 3.05) is 0 Å². The fraction of sp³-hybridized carbons (Fsp3) is 0.300. The van der Waals surface area contributed by atoms with Crippen LogP contribution in [0.2, 0.25) is 0 Å². The molecule has 84 valence electrons. The van der Waals surface area contributed by atoms with Crippen LogP contribution >= 0.6 is 12.4 Å². The van der Waals surface area contributed by atoms with Gasteiger partial charge in [0.15, 0.2) is 0 Å². The highest BCUT2D eigenvalue weighted by Gasteiger charge is 2.12. The Kier molecular flexibility index (Phi) is 5.25. The van der Waals surface area contributed by atoms with Gasteiger partial charge in [-0.05, 0) is 30.5 Å². The van der Waals surface area contributed by atoms with Gasteiger partial charge in [-0.2, -0.15) is 0 Å². The summed E-state index contributed by atoms with van der Waals surface area (Å²) >= 11 is 0. The minimum atomic E-state index is -1.08. The molecule has 0 aliphatic carbocycles. The summed E-state index contributed by atoms with van der Waals surface area (Å²) in [4.78, 5) is 10.4. The molecule has 1 atom stereocenters. The maximum atomic E-state index is 13.0. The van der Waals surface area contributed by atoms with E-state index in [4.69, 9.17) is 10.8 Å².